The van der Waals surface area contributed by atoms with E-state index in [1.165, 1.54) is 7.11 Å². The van der Waals surface area contributed by atoms with Gasteiger partial charge in [-0.05, 0) is 6.07 Å². The van der Waals surface area contributed by atoms with Crippen LogP contribution in [0.15, 0.2) is 6.07 Å². The van der Waals surface area contributed by atoms with E-state index in [4.69, 9.17) is 14.2 Å². The predicted octanol–water partition coefficient (Wildman–Crippen LogP) is -1.20. The van der Waals surface area contributed by atoms with E-state index >= 15 is 0 Å². The third-order valence-electron chi connectivity index (χ3n) is 4.09. The van der Waals surface area contributed by atoms with Gasteiger partial charge in [0.2, 0.25) is 5.75 Å². The number of carbonyl (C=O) groups excluding carboxylic acids is 1. The maximum atomic E-state index is 12.1. The third-order valence-corrected chi connectivity index (χ3v) is 4.09. The molecule has 23 heavy (non-hydrogen) atoms. The van der Waals surface area contributed by atoms with Gasteiger partial charge in [0.25, 0.3) is 0 Å². The number of hydrogen-bond acceptors (Lipinski definition) is 9. The lowest BCUT2D eigenvalue weighted by Gasteiger charge is -2.44. The number of phenolic OH excluding ortho intramolecular Hbond substituents is 2. The molecule has 3 unspecified atom stereocenters. The van der Waals surface area contributed by atoms with Gasteiger partial charge in [0.15, 0.2) is 17.6 Å². The van der Waals surface area contributed by atoms with Gasteiger partial charge in [0.05, 0.1) is 19.3 Å². The molecule has 0 bridgehead atoms. The van der Waals surface area contributed by atoms with E-state index in [1.807, 2.05) is 0 Å². The molecule has 1 fully saturated rings. The average Bonchev–Trinajstić information content (AvgIpc) is 2.52. The summed E-state index contributed by atoms with van der Waals surface area (Å²) in [5.74, 6) is -2.16. The van der Waals surface area contributed by atoms with Crippen LogP contribution >= 0.6 is 0 Å². The van der Waals surface area contributed by atoms with Crippen LogP contribution in [0.5, 0.6) is 17.2 Å². The van der Waals surface area contributed by atoms with E-state index in [9.17, 15) is 30.3 Å². The van der Waals surface area contributed by atoms with Crippen LogP contribution in [0.3, 0.4) is 0 Å². The summed E-state index contributed by atoms with van der Waals surface area (Å²) in [6.07, 6.45) is -6.50. The second-order valence-corrected chi connectivity index (χ2v) is 5.37. The Labute approximate surface area is 130 Å². The Morgan fingerprint density at radius 3 is 2.57 bits per heavy atom. The van der Waals surface area contributed by atoms with E-state index < -0.39 is 54.6 Å². The highest BCUT2D eigenvalue weighted by atomic mass is 16.6. The summed E-state index contributed by atoms with van der Waals surface area (Å²) >= 11 is 0. The zero-order chi connectivity index (χ0) is 16.9. The van der Waals surface area contributed by atoms with Gasteiger partial charge in [-0.2, -0.15) is 0 Å². The lowest BCUT2D eigenvalue weighted by molar-refractivity contribution is -0.235. The first-order chi connectivity index (χ1) is 10.9. The molecule has 5 atom stereocenters. The Kier molecular flexibility index (Phi) is 3.80. The van der Waals surface area contributed by atoms with Crippen molar-refractivity contribution in [3.05, 3.63) is 17.2 Å². The summed E-state index contributed by atoms with van der Waals surface area (Å²) in [7, 11) is 1.22. The molecule has 0 radical (unpaired) electrons. The quantitative estimate of drug-likeness (QED) is 0.422. The van der Waals surface area contributed by atoms with Crippen molar-refractivity contribution in [2.75, 3.05) is 13.7 Å². The normalized spacial score (nSPS) is 32.7. The number of ether oxygens (including phenoxy) is 3. The van der Waals surface area contributed by atoms with Gasteiger partial charge < -0.3 is 39.7 Å². The summed E-state index contributed by atoms with van der Waals surface area (Å²) in [5.41, 5.74) is -0.187. The molecule has 9 nitrogen and oxygen atoms in total. The molecule has 0 aromatic heterocycles. The zero-order valence-electron chi connectivity index (χ0n) is 12.0. The topological polar surface area (TPSA) is 146 Å². The fourth-order valence-corrected chi connectivity index (χ4v) is 2.95. The molecule has 2 heterocycles. The van der Waals surface area contributed by atoms with Crippen molar-refractivity contribution in [3.8, 4) is 17.2 Å². The number of aliphatic hydroxyl groups is 3. The molecule has 0 spiro atoms. The van der Waals surface area contributed by atoms with Crippen LogP contribution in [0.2, 0.25) is 0 Å². The Bertz CT molecular complexity index is 644. The molecule has 126 valence electrons. The van der Waals surface area contributed by atoms with Crippen molar-refractivity contribution in [1.29, 1.82) is 0 Å². The maximum Gasteiger partial charge on any atom is 0.339 e. The molecule has 0 amide bonds. The summed E-state index contributed by atoms with van der Waals surface area (Å²) < 4.78 is 15.4. The number of hydrogen-bond donors (Lipinski definition) is 5. The molecule has 3 rings (SSSR count). The highest BCUT2D eigenvalue weighted by Crippen LogP contribution is 2.49. The minimum absolute atomic E-state index is 0.0368. The molecule has 1 saturated heterocycles. The van der Waals surface area contributed by atoms with Gasteiger partial charge in [-0.3, -0.25) is 0 Å². The molecule has 5 N–H and O–H groups in total. The fourth-order valence-electron chi connectivity index (χ4n) is 2.95. The van der Waals surface area contributed by atoms with Crippen molar-refractivity contribution in [3.63, 3.8) is 0 Å². The molecule has 0 saturated carbocycles. The number of aliphatic hydroxyl groups excluding tert-OH is 3. The molecule has 0 aliphatic carbocycles. The van der Waals surface area contributed by atoms with Gasteiger partial charge in [-0.25, -0.2) is 4.79 Å². The highest BCUT2D eigenvalue weighted by molar-refractivity contribution is 5.95. The number of phenols is 2. The lowest BCUT2D eigenvalue weighted by Crippen LogP contribution is -2.58. The number of methoxy groups -OCH3 is 1. The van der Waals surface area contributed by atoms with E-state index in [0.29, 0.717) is 0 Å². The summed E-state index contributed by atoms with van der Waals surface area (Å²) in [5, 5.41) is 49.3. The van der Waals surface area contributed by atoms with Crippen LogP contribution in [0, 0.1) is 0 Å². The summed E-state index contributed by atoms with van der Waals surface area (Å²) in [4.78, 5) is 12.1. The lowest BCUT2D eigenvalue weighted by atomic mass is 9.86. The smallest absolute Gasteiger partial charge is 0.339 e. The highest BCUT2D eigenvalue weighted by Gasteiger charge is 2.52. The van der Waals surface area contributed by atoms with Crippen LogP contribution < -0.4 is 4.74 Å². The number of aromatic hydroxyl groups is 2. The average molecular weight is 328 g/mol. The van der Waals surface area contributed by atoms with Gasteiger partial charge in [-0.15, -0.1) is 0 Å². The first-order valence-electron chi connectivity index (χ1n) is 6.87. The molecular formula is C14H16O9. The minimum Gasteiger partial charge on any atom is -0.504 e. The van der Waals surface area contributed by atoms with Crippen LogP contribution in [0.1, 0.15) is 22.0 Å². The van der Waals surface area contributed by atoms with Crippen LogP contribution in [-0.4, -0.2) is 69.6 Å². The third kappa shape index (κ3) is 2.20. The van der Waals surface area contributed by atoms with Crippen LogP contribution in [-0.2, 0) is 9.47 Å². The SMILES string of the molecule is COc1c(O)cc2c(c1O)C1OC(CO)C(O)[C@H](O)[C@H]1OC2=O. The van der Waals surface area contributed by atoms with Crippen molar-refractivity contribution < 1.29 is 44.5 Å². The number of rotatable bonds is 2. The van der Waals surface area contributed by atoms with Gasteiger partial charge in [-0.1, -0.05) is 0 Å². The van der Waals surface area contributed by atoms with Crippen molar-refractivity contribution in [1.82, 2.24) is 0 Å². The van der Waals surface area contributed by atoms with E-state index in [0.717, 1.165) is 6.07 Å². The van der Waals surface area contributed by atoms with Crippen molar-refractivity contribution in [2.24, 2.45) is 0 Å². The Morgan fingerprint density at radius 2 is 1.96 bits per heavy atom. The van der Waals surface area contributed by atoms with E-state index in [-0.39, 0.29) is 16.9 Å². The minimum atomic E-state index is -1.51. The number of esters is 1. The van der Waals surface area contributed by atoms with E-state index in [1.54, 1.807) is 0 Å². The van der Waals surface area contributed by atoms with Gasteiger partial charge in [0, 0.05) is 5.56 Å². The molecule has 9 heteroatoms. The number of fused-ring (bicyclic) bond motifs is 3. The van der Waals surface area contributed by atoms with Crippen LogP contribution in [0.4, 0.5) is 0 Å². The Balaban J connectivity index is 2.16. The number of carbonyl (C=O) groups is 1. The molecular weight excluding hydrogens is 312 g/mol. The van der Waals surface area contributed by atoms with Gasteiger partial charge in [0.1, 0.15) is 24.4 Å². The van der Waals surface area contributed by atoms with Crippen LogP contribution in [0.25, 0.3) is 0 Å². The molecule has 2 aliphatic rings. The molecule has 1 aromatic carbocycles. The molecule has 1 aromatic rings. The Morgan fingerprint density at radius 1 is 1.26 bits per heavy atom. The first-order valence-corrected chi connectivity index (χ1v) is 6.87. The maximum absolute atomic E-state index is 12.1. The second kappa shape index (κ2) is 5.53. The summed E-state index contributed by atoms with van der Waals surface area (Å²) in [6, 6.07) is 1.06. The van der Waals surface area contributed by atoms with Crippen molar-refractivity contribution in [2.45, 2.75) is 30.5 Å². The first kappa shape index (κ1) is 15.8. The molecule has 2 aliphatic heterocycles. The number of benzene rings is 1. The largest absolute Gasteiger partial charge is 0.504 e. The summed E-state index contributed by atoms with van der Waals surface area (Å²) in [6.45, 7) is -0.583. The predicted molar refractivity (Wildman–Crippen MR) is 72.2 cm³/mol. The monoisotopic (exact) mass is 328 g/mol. The van der Waals surface area contributed by atoms with E-state index in [2.05, 4.69) is 0 Å². The fraction of sp³-hybridized carbons (Fsp3) is 0.500. The zero-order valence-corrected chi connectivity index (χ0v) is 12.0. The standard InChI is InChI=1S/C14H16O9/c1-21-11-5(16)2-4-7(9(11)18)12-13(23-14(4)20)10(19)8(17)6(3-15)22-12/h2,6,8,10,12-13,15-19H,3H2,1H3/t6?,8?,10-,12?,13+/m0/s1. The second-order valence-electron chi connectivity index (χ2n) is 5.37. The van der Waals surface area contributed by atoms with Crippen molar-refractivity contribution >= 4 is 5.97 Å². The van der Waals surface area contributed by atoms with Gasteiger partial charge >= 0.3 is 5.97 Å². The Hall–Kier alpha value is -2.07.